The first-order chi connectivity index (χ1) is 9.60. The van der Waals surface area contributed by atoms with E-state index >= 15 is 0 Å². The van der Waals surface area contributed by atoms with Crippen LogP contribution in [0, 0.1) is 6.92 Å². The van der Waals surface area contributed by atoms with Gasteiger partial charge in [-0.3, -0.25) is 0 Å². The molecular weight excluding hydrogens is 254 g/mol. The molecule has 0 amide bonds. The topological polar surface area (TPSA) is 49.8 Å². The number of hydrogen-bond donors (Lipinski definition) is 1. The predicted octanol–water partition coefficient (Wildman–Crippen LogP) is 2.71. The van der Waals surface area contributed by atoms with Gasteiger partial charge >= 0.3 is 5.97 Å². The summed E-state index contributed by atoms with van der Waals surface area (Å²) in [6, 6.07) is 6.13. The minimum Gasteiger partial charge on any atom is -0.478 e. The Bertz CT molecular complexity index is 510. The number of carboxylic acid groups (broad SMARTS) is 1. The van der Waals surface area contributed by atoms with Crippen LogP contribution >= 0.6 is 0 Å². The Hall–Kier alpha value is -1.81. The fourth-order valence-corrected chi connectivity index (χ4v) is 2.41. The highest BCUT2D eigenvalue weighted by molar-refractivity contribution is 5.85. The Morgan fingerprint density at radius 3 is 3.00 bits per heavy atom. The van der Waals surface area contributed by atoms with E-state index in [2.05, 4.69) is 17.9 Å². The van der Waals surface area contributed by atoms with Crippen molar-refractivity contribution >= 4 is 17.7 Å². The molecule has 1 saturated heterocycles. The summed E-state index contributed by atoms with van der Waals surface area (Å²) in [5, 5.41) is 8.67. The minimum absolute atomic E-state index is 0.302. The smallest absolute Gasteiger partial charge is 0.328 e. The van der Waals surface area contributed by atoms with E-state index in [1.165, 1.54) is 11.8 Å². The molecule has 1 aromatic rings. The number of morpholine rings is 1. The number of ether oxygens (including phenoxy) is 1. The lowest BCUT2D eigenvalue weighted by Crippen LogP contribution is -2.42. The minimum atomic E-state index is -0.924. The van der Waals surface area contributed by atoms with Gasteiger partial charge in [-0.15, -0.1) is 0 Å². The number of rotatable bonds is 4. The summed E-state index contributed by atoms with van der Waals surface area (Å²) in [6.07, 6.45) is 4.13. The molecule has 1 aromatic carbocycles. The van der Waals surface area contributed by atoms with E-state index < -0.39 is 5.97 Å². The highest BCUT2D eigenvalue weighted by Gasteiger charge is 2.19. The van der Waals surface area contributed by atoms with Crippen LogP contribution in [-0.2, 0) is 9.53 Å². The van der Waals surface area contributed by atoms with Gasteiger partial charge in [0.1, 0.15) is 0 Å². The Morgan fingerprint density at radius 1 is 1.55 bits per heavy atom. The highest BCUT2D eigenvalue weighted by Crippen LogP contribution is 2.22. The van der Waals surface area contributed by atoms with Crippen molar-refractivity contribution in [2.45, 2.75) is 26.4 Å². The summed E-state index contributed by atoms with van der Waals surface area (Å²) < 4.78 is 5.68. The zero-order chi connectivity index (χ0) is 14.5. The average Bonchev–Trinajstić information content (AvgIpc) is 2.46. The molecule has 4 nitrogen and oxygen atoms in total. The van der Waals surface area contributed by atoms with Crippen LogP contribution in [0.3, 0.4) is 0 Å². The van der Waals surface area contributed by atoms with E-state index in [1.54, 1.807) is 6.08 Å². The Kier molecular flexibility index (Phi) is 4.79. The molecule has 108 valence electrons. The summed E-state index contributed by atoms with van der Waals surface area (Å²) in [4.78, 5) is 12.9. The van der Waals surface area contributed by atoms with Gasteiger partial charge in [-0.05, 0) is 42.7 Å². The molecule has 20 heavy (non-hydrogen) atoms. The molecule has 1 aliphatic rings. The van der Waals surface area contributed by atoms with Crippen LogP contribution in [0.2, 0.25) is 0 Å². The molecule has 1 fully saturated rings. The molecule has 0 bridgehead atoms. The lowest BCUT2D eigenvalue weighted by Gasteiger charge is -2.34. The van der Waals surface area contributed by atoms with E-state index in [-0.39, 0.29) is 0 Å². The average molecular weight is 275 g/mol. The van der Waals surface area contributed by atoms with E-state index in [9.17, 15) is 4.79 Å². The monoisotopic (exact) mass is 275 g/mol. The van der Waals surface area contributed by atoms with Crippen molar-refractivity contribution in [3.63, 3.8) is 0 Å². The van der Waals surface area contributed by atoms with Crippen LogP contribution in [0.15, 0.2) is 24.3 Å². The zero-order valence-corrected chi connectivity index (χ0v) is 12.0. The summed E-state index contributed by atoms with van der Waals surface area (Å²) in [6.45, 7) is 6.72. The molecule has 1 heterocycles. The second-order valence-corrected chi connectivity index (χ2v) is 5.06. The summed E-state index contributed by atoms with van der Waals surface area (Å²) in [7, 11) is 0. The summed E-state index contributed by atoms with van der Waals surface area (Å²) in [5.41, 5.74) is 3.20. The lowest BCUT2D eigenvalue weighted by atomic mass is 10.1. The SMILES string of the molecule is CCC1CN(c2ccc(C=CC(=O)O)c(C)c2)CCO1. The highest BCUT2D eigenvalue weighted by atomic mass is 16.5. The number of carboxylic acids is 1. The van der Waals surface area contributed by atoms with Gasteiger partial charge in [0.25, 0.3) is 0 Å². The van der Waals surface area contributed by atoms with Gasteiger partial charge in [0, 0.05) is 24.9 Å². The van der Waals surface area contributed by atoms with Gasteiger partial charge in [0.2, 0.25) is 0 Å². The first-order valence-electron chi connectivity index (χ1n) is 6.98. The standard InChI is InChI=1S/C16H21NO3/c1-3-15-11-17(8-9-20-15)14-6-4-13(12(2)10-14)5-7-16(18)19/h4-7,10,15H,3,8-9,11H2,1-2H3,(H,18,19). The Balaban J connectivity index is 2.14. The second kappa shape index (κ2) is 6.57. The molecule has 0 radical (unpaired) electrons. The maximum absolute atomic E-state index is 10.6. The van der Waals surface area contributed by atoms with Crippen LogP contribution in [0.25, 0.3) is 6.08 Å². The number of hydrogen-bond acceptors (Lipinski definition) is 3. The van der Waals surface area contributed by atoms with Crippen molar-refractivity contribution < 1.29 is 14.6 Å². The number of aryl methyl sites for hydroxylation is 1. The van der Waals surface area contributed by atoms with E-state index in [0.717, 1.165) is 37.2 Å². The molecule has 0 aliphatic carbocycles. The fraction of sp³-hybridized carbons (Fsp3) is 0.438. The molecular formula is C16H21NO3. The maximum Gasteiger partial charge on any atom is 0.328 e. The van der Waals surface area contributed by atoms with Crippen molar-refractivity contribution in [3.05, 3.63) is 35.4 Å². The third-order valence-electron chi connectivity index (χ3n) is 3.62. The van der Waals surface area contributed by atoms with Crippen LogP contribution in [-0.4, -0.2) is 36.9 Å². The maximum atomic E-state index is 10.6. The Morgan fingerprint density at radius 2 is 2.35 bits per heavy atom. The first-order valence-corrected chi connectivity index (χ1v) is 6.98. The number of aliphatic carboxylic acids is 1. The van der Waals surface area contributed by atoms with Crippen molar-refractivity contribution in [1.82, 2.24) is 0 Å². The van der Waals surface area contributed by atoms with Gasteiger partial charge in [0.05, 0.1) is 12.7 Å². The molecule has 2 rings (SSSR count). The van der Waals surface area contributed by atoms with Gasteiger partial charge in [-0.1, -0.05) is 13.0 Å². The molecule has 0 aromatic heterocycles. The molecule has 0 saturated carbocycles. The number of anilines is 1. The van der Waals surface area contributed by atoms with E-state index in [1.807, 2.05) is 19.1 Å². The summed E-state index contributed by atoms with van der Waals surface area (Å²) >= 11 is 0. The van der Waals surface area contributed by atoms with Crippen molar-refractivity contribution in [2.75, 3.05) is 24.6 Å². The fourth-order valence-electron chi connectivity index (χ4n) is 2.41. The van der Waals surface area contributed by atoms with Crippen molar-refractivity contribution in [2.24, 2.45) is 0 Å². The van der Waals surface area contributed by atoms with Crippen LogP contribution in [0.1, 0.15) is 24.5 Å². The summed E-state index contributed by atoms with van der Waals surface area (Å²) in [5.74, 6) is -0.924. The van der Waals surface area contributed by atoms with Gasteiger partial charge in [0.15, 0.2) is 0 Å². The van der Waals surface area contributed by atoms with Gasteiger partial charge in [-0.2, -0.15) is 0 Å². The first kappa shape index (κ1) is 14.6. The molecule has 1 unspecified atom stereocenters. The number of benzene rings is 1. The second-order valence-electron chi connectivity index (χ2n) is 5.06. The van der Waals surface area contributed by atoms with Crippen LogP contribution in [0.5, 0.6) is 0 Å². The molecule has 1 atom stereocenters. The quantitative estimate of drug-likeness (QED) is 0.858. The largest absolute Gasteiger partial charge is 0.478 e. The Labute approximate surface area is 119 Å². The van der Waals surface area contributed by atoms with Crippen molar-refractivity contribution in [1.29, 1.82) is 0 Å². The third-order valence-corrected chi connectivity index (χ3v) is 3.62. The van der Waals surface area contributed by atoms with Gasteiger partial charge < -0.3 is 14.7 Å². The van der Waals surface area contributed by atoms with E-state index in [4.69, 9.17) is 9.84 Å². The number of nitrogens with zero attached hydrogens (tertiary/aromatic N) is 1. The molecule has 1 aliphatic heterocycles. The number of carbonyl (C=O) groups is 1. The molecule has 4 heteroatoms. The van der Waals surface area contributed by atoms with Crippen LogP contribution in [0.4, 0.5) is 5.69 Å². The normalized spacial score (nSPS) is 19.5. The van der Waals surface area contributed by atoms with Crippen molar-refractivity contribution in [3.8, 4) is 0 Å². The molecule has 0 spiro atoms. The van der Waals surface area contributed by atoms with Crippen LogP contribution < -0.4 is 4.90 Å². The predicted molar refractivity (Wildman–Crippen MR) is 80.1 cm³/mol. The lowest BCUT2D eigenvalue weighted by molar-refractivity contribution is -0.131. The zero-order valence-electron chi connectivity index (χ0n) is 12.0. The van der Waals surface area contributed by atoms with Gasteiger partial charge in [-0.25, -0.2) is 4.79 Å². The third kappa shape index (κ3) is 3.61. The molecule has 1 N–H and O–H groups in total. The van der Waals surface area contributed by atoms with E-state index in [0.29, 0.717) is 6.10 Å².